The van der Waals surface area contributed by atoms with Crippen LogP contribution in [-0.2, 0) is 9.59 Å². The topological polar surface area (TPSA) is 69.6 Å². The fourth-order valence-corrected chi connectivity index (χ4v) is 3.14. The number of carboxylic acid groups (broad SMARTS) is 1. The maximum atomic E-state index is 11.9. The lowest BCUT2D eigenvalue weighted by Crippen LogP contribution is -2.45. The molecule has 19 heavy (non-hydrogen) atoms. The van der Waals surface area contributed by atoms with Crippen molar-refractivity contribution < 1.29 is 14.7 Å². The van der Waals surface area contributed by atoms with Crippen molar-refractivity contribution in [1.29, 1.82) is 0 Å². The van der Waals surface area contributed by atoms with Crippen molar-refractivity contribution in [2.24, 2.45) is 5.92 Å². The van der Waals surface area contributed by atoms with Crippen LogP contribution in [0.1, 0.15) is 44.9 Å². The summed E-state index contributed by atoms with van der Waals surface area (Å²) < 4.78 is 0. The molecule has 0 aromatic carbocycles. The molecule has 1 aliphatic heterocycles. The molecule has 0 radical (unpaired) electrons. The number of carboxylic acids is 1. The van der Waals surface area contributed by atoms with Crippen LogP contribution in [0.5, 0.6) is 0 Å². The summed E-state index contributed by atoms with van der Waals surface area (Å²) in [6, 6.07) is -0.169. The maximum absolute atomic E-state index is 11.9. The van der Waals surface area contributed by atoms with Crippen LogP contribution in [0.25, 0.3) is 0 Å². The number of amides is 1. The van der Waals surface area contributed by atoms with Crippen molar-refractivity contribution in [1.82, 2.24) is 10.2 Å². The first kappa shape index (κ1) is 14.3. The minimum absolute atomic E-state index is 0.00468. The second-order valence-corrected chi connectivity index (χ2v) is 5.70. The zero-order valence-corrected chi connectivity index (χ0v) is 11.4. The number of nitrogens with zero attached hydrogens (tertiary/aromatic N) is 1. The van der Waals surface area contributed by atoms with E-state index in [9.17, 15) is 9.59 Å². The summed E-state index contributed by atoms with van der Waals surface area (Å²) in [6.07, 6.45) is 6.40. The van der Waals surface area contributed by atoms with E-state index in [0.717, 1.165) is 38.9 Å². The lowest BCUT2D eigenvalue weighted by molar-refractivity contribution is -0.144. The van der Waals surface area contributed by atoms with Gasteiger partial charge >= 0.3 is 5.97 Å². The second-order valence-electron chi connectivity index (χ2n) is 5.70. The molecule has 0 bridgehead atoms. The molecule has 2 N–H and O–H groups in total. The molecule has 0 spiro atoms. The Kier molecular flexibility index (Phi) is 5.19. The molecular formula is C14H24N2O3. The molecule has 2 rings (SSSR count). The highest BCUT2D eigenvalue weighted by atomic mass is 16.4. The second kappa shape index (κ2) is 6.89. The zero-order valence-electron chi connectivity index (χ0n) is 11.4. The highest BCUT2D eigenvalue weighted by molar-refractivity contribution is 5.78. The third kappa shape index (κ3) is 4.20. The highest BCUT2D eigenvalue weighted by Gasteiger charge is 2.31. The van der Waals surface area contributed by atoms with Gasteiger partial charge in [0.1, 0.15) is 0 Å². The molecule has 5 nitrogen and oxygen atoms in total. The molecule has 1 saturated heterocycles. The predicted molar refractivity (Wildman–Crippen MR) is 71.8 cm³/mol. The van der Waals surface area contributed by atoms with Crippen molar-refractivity contribution in [3.05, 3.63) is 0 Å². The van der Waals surface area contributed by atoms with Gasteiger partial charge in [-0.15, -0.1) is 0 Å². The van der Waals surface area contributed by atoms with Gasteiger partial charge in [-0.1, -0.05) is 12.8 Å². The number of likely N-dealkylation sites (tertiary alicyclic amines) is 1. The van der Waals surface area contributed by atoms with Gasteiger partial charge in [-0.25, -0.2) is 0 Å². The minimum Gasteiger partial charge on any atom is -0.481 e. The first-order valence-corrected chi connectivity index (χ1v) is 7.41. The fraction of sp³-hybridized carbons (Fsp3) is 0.857. The molecule has 1 aliphatic carbocycles. The van der Waals surface area contributed by atoms with Crippen LogP contribution in [0.3, 0.4) is 0 Å². The number of aliphatic carboxylic acids is 1. The van der Waals surface area contributed by atoms with Gasteiger partial charge < -0.3 is 15.3 Å². The van der Waals surface area contributed by atoms with Crippen molar-refractivity contribution in [3.63, 3.8) is 0 Å². The van der Waals surface area contributed by atoms with Crippen LogP contribution in [0.15, 0.2) is 0 Å². The van der Waals surface area contributed by atoms with E-state index in [1.54, 1.807) is 0 Å². The summed E-state index contributed by atoms with van der Waals surface area (Å²) in [5.74, 6) is -1.17. The lowest BCUT2D eigenvalue weighted by atomic mass is 9.84. The van der Waals surface area contributed by atoms with Crippen LogP contribution in [0.2, 0.25) is 0 Å². The SMILES string of the molecule is O=C(CCN1CCCC1)NC1CCCCC1C(=O)O. The summed E-state index contributed by atoms with van der Waals surface area (Å²) in [5.41, 5.74) is 0. The van der Waals surface area contributed by atoms with E-state index in [1.807, 2.05) is 0 Å². The molecule has 1 heterocycles. The first-order valence-electron chi connectivity index (χ1n) is 7.41. The van der Waals surface area contributed by atoms with Gasteiger partial charge in [-0.2, -0.15) is 0 Å². The number of nitrogens with one attached hydrogen (secondary N) is 1. The Labute approximate surface area is 114 Å². The number of hydrogen-bond donors (Lipinski definition) is 2. The summed E-state index contributed by atoms with van der Waals surface area (Å²) in [7, 11) is 0. The Bertz CT molecular complexity index is 327. The zero-order chi connectivity index (χ0) is 13.7. The molecule has 2 fully saturated rings. The van der Waals surface area contributed by atoms with Crippen LogP contribution in [0.4, 0.5) is 0 Å². The highest BCUT2D eigenvalue weighted by Crippen LogP contribution is 2.24. The Morgan fingerprint density at radius 3 is 2.47 bits per heavy atom. The van der Waals surface area contributed by atoms with Crippen LogP contribution >= 0.6 is 0 Å². The van der Waals surface area contributed by atoms with E-state index in [1.165, 1.54) is 12.8 Å². The molecule has 1 saturated carbocycles. The Balaban J connectivity index is 1.74. The number of rotatable bonds is 5. The Morgan fingerprint density at radius 1 is 1.11 bits per heavy atom. The summed E-state index contributed by atoms with van der Waals surface area (Å²) in [5, 5.41) is 12.1. The molecular weight excluding hydrogens is 244 g/mol. The van der Waals surface area contributed by atoms with E-state index in [-0.39, 0.29) is 11.9 Å². The number of carbonyl (C=O) groups is 2. The molecule has 0 aromatic rings. The Hall–Kier alpha value is -1.10. The van der Waals surface area contributed by atoms with Crippen molar-refractivity contribution >= 4 is 11.9 Å². The van der Waals surface area contributed by atoms with E-state index < -0.39 is 11.9 Å². The molecule has 2 unspecified atom stereocenters. The summed E-state index contributed by atoms with van der Waals surface area (Å²) in [6.45, 7) is 2.99. The molecule has 2 aliphatic rings. The van der Waals surface area contributed by atoms with E-state index in [4.69, 9.17) is 5.11 Å². The standard InChI is InChI=1S/C14H24N2O3/c17-13(7-10-16-8-3-4-9-16)15-12-6-2-1-5-11(12)14(18)19/h11-12H,1-10H2,(H,15,17)(H,18,19). The molecule has 1 amide bonds. The van der Waals surface area contributed by atoms with Crippen LogP contribution in [-0.4, -0.2) is 47.6 Å². The quantitative estimate of drug-likeness (QED) is 0.787. The fourth-order valence-electron chi connectivity index (χ4n) is 3.14. The van der Waals surface area contributed by atoms with Crippen LogP contribution in [0, 0.1) is 5.92 Å². The van der Waals surface area contributed by atoms with Crippen molar-refractivity contribution in [2.45, 2.75) is 51.0 Å². The molecule has 5 heteroatoms. The van der Waals surface area contributed by atoms with Gasteiger partial charge in [0.05, 0.1) is 5.92 Å². The molecule has 2 atom stereocenters. The largest absolute Gasteiger partial charge is 0.481 e. The monoisotopic (exact) mass is 268 g/mol. The normalized spacial score (nSPS) is 28.2. The van der Waals surface area contributed by atoms with Crippen molar-refractivity contribution in [2.75, 3.05) is 19.6 Å². The number of carbonyl (C=O) groups excluding carboxylic acids is 1. The summed E-state index contributed by atoms with van der Waals surface area (Å²) in [4.78, 5) is 25.4. The van der Waals surface area contributed by atoms with Crippen LogP contribution < -0.4 is 5.32 Å². The molecule has 0 aromatic heterocycles. The number of hydrogen-bond acceptors (Lipinski definition) is 3. The maximum Gasteiger partial charge on any atom is 0.308 e. The average Bonchev–Trinajstić information content (AvgIpc) is 2.90. The summed E-state index contributed by atoms with van der Waals surface area (Å²) >= 11 is 0. The first-order chi connectivity index (χ1) is 9.16. The average molecular weight is 268 g/mol. The Morgan fingerprint density at radius 2 is 1.79 bits per heavy atom. The smallest absolute Gasteiger partial charge is 0.308 e. The third-order valence-electron chi connectivity index (χ3n) is 4.28. The van der Waals surface area contributed by atoms with Gasteiger partial charge in [-0.05, 0) is 38.8 Å². The minimum atomic E-state index is -0.774. The van der Waals surface area contributed by atoms with Gasteiger partial charge in [0.2, 0.25) is 5.91 Å². The van der Waals surface area contributed by atoms with E-state index in [0.29, 0.717) is 12.8 Å². The van der Waals surface area contributed by atoms with Gasteiger partial charge in [0.25, 0.3) is 0 Å². The third-order valence-corrected chi connectivity index (χ3v) is 4.28. The van der Waals surface area contributed by atoms with Gasteiger partial charge in [-0.3, -0.25) is 9.59 Å². The van der Waals surface area contributed by atoms with E-state index >= 15 is 0 Å². The van der Waals surface area contributed by atoms with Gasteiger partial charge in [0.15, 0.2) is 0 Å². The molecule has 108 valence electrons. The lowest BCUT2D eigenvalue weighted by Gasteiger charge is -2.29. The van der Waals surface area contributed by atoms with E-state index in [2.05, 4.69) is 10.2 Å². The van der Waals surface area contributed by atoms with Gasteiger partial charge in [0, 0.05) is 19.0 Å². The van der Waals surface area contributed by atoms with Crippen molar-refractivity contribution in [3.8, 4) is 0 Å². The predicted octanol–water partition coefficient (Wildman–Crippen LogP) is 1.23.